The number of aliphatic hydroxyl groups is 1. The quantitative estimate of drug-likeness (QED) is 0.684. The van der Waals surface area contributed by atoms with Crippen LogP contribution < -0.4 is 5.32 Å². The second-order valence-corrected chi connectivity index (χ2v) is 6.18. The second-order valence-electron chi connectivity index (χ2n) is 6.18. The Hall–Kier alpha value is -1.14. The third kappa shape index (κ3) is 5.28. The van der Waals surface area contributed by atoms with E-state index in [0.717, 1.165) is 32.0 Å². The van der Waals surface area contributed by atoms with Crippen LogP contribution in [-0.2, 0) is 9.59 Å². The van der Waals surface area contributed by atoms with Crippen molar-refractivity contribution in [3.63, 3.8) is 0 Å². The molecular weight excluding hydrogens is 270 g/mol. The van der Waals surface area contributed by atoms with E-state index in [0.29, 0.717) is 19.5 Å². The summed E-state index contributed by atoms with van der Waals surface area (Å²) in [4.78, 5) is 27.3. The lowest BCUT2D eigenvalue weighted by Crippen LogP contribution is -2.55. The molecule has 21 heavy (non-hydrogen) atoms. The normalized spacial score (nSPS) is 23.1. The molecule has 6 heteroatoms. The Kier molecular flexibility index (Phi) is 5.99. The number of nitrogens with zero attached hydrogens (tertiary/aromatic N) is 2. The van der Waals surface area contributed by atoms with E-state index in [9.17, 15) is 14.7 Å². The van der Waals surface area contributed by atoms with Gasteiger partial charge in [0.2, 0.25) is 11.8 Å². The summed E-state index contributed by atoms with van der Waals surface area (Å²) in [5.41, 5.74) is 0. The van der Waals surface area contributed by atoms with Crippen molar-refractivity contribution in [1.29, 1.82) is 0 Å². The van der Waals surface area contributed by atoms with Crippen molar-refractivity contribution < 1.29 is 14.7 Å². The highest BCUT2D eigenvalue weighted by Crippen LogP contribution is 2.31. The molecule has 1 heterocycles. The Morgan fingerprint density at radius 2 is 2.05 bits per heavy atom. The number of hydrogen-bond donors (Lipinski definition) is 2. The van der Waals surface area contributed by atoms with Crippen LogP contribution in [0.2, 0.25) is 0 Å². The topological polar surface area (TPSA) is 72.9 Å². The van der Waals surface area contributed by atoms with Crippen molar-refractivity contribution in [2.45, 2.75) is 38.6 Å². The summed E-state index contributed by atoms with van der Waals surface area (Å²) in [6, 6.07) is 0.272. The summed E-state index contributed by atoms with van der Waals surface area (Å²) in [6.07, 6.45) is 3.72. The average Bonchev–Trinajstić information content (AvgIpc) is 3.24. The smallest absolute Gasteiger partial charge is 0.224 e. The van der Waals surface area contributed by atoms with Crippen LogP contribution in [0.25, 0.3) is 0 Å². The number of nitrogens with one attached hydrogen (secondary N) is 1. The fraction of sp³-hybridized carbons (Fsp3) is 0.867. The molecular formula is C15H27N3O3. The van der Waals surface area contributed by atoms with Gasteiger partial charge in [0.15, 0.2) is 0 Å². The first-order valence-electron chi connectivity index (χ1n) is 7.97. The number of piperazine rings is 1. The summed E-state index contributed by atoms with van der Waals surface area (Å²) in [6.45, 7) is 5.49. The van der Waals surface area contributed by atoms with Crippen molar-refractivity contribution in [2.24, 2.45) is 5.92 Å². The van der Waals surface area contributed by atoms with Gasteiger partial charge in [-0.25, -0.2) is 0 Å². The van der Waals surface area contributed by atoms with Gasteiger partial charge in [0.05, 0.1) is 0 Å². The number of rotatable bonds is 7. The lowest BCUT2D eigenvalue weighted by Gasteiger charge is -2.41. The Bertz CT molecular complexity index is 371. The molecule has 0 bridgehead atoms. The Labute approximate surface area is 126 Å². The molecule has 6 nitrogen and oxygen atoms in total. The summed E-state index contributed by atoms with van der Waals surface area (Å²) >= 11 is 0. The molecule has 0 aromatic heterocycles. The monoisotopic (exact) mass is 297 g/mol. The lowest BCUT2D eigenvalue weighted by molar-refractivity contribution is -0.134. The summed E-state index contributed by atoms with van der Waals surface area (Å²) in [5.74, 6) is 0.821. The zero-order valence-corrected chi connectivity index (χ0v) is 12.9. The van der Waals surface area contributed by atoms with Gasteiger partial charge < -0.3 is 15.3 Å². The molecule has 0 radical (unpaired) electrons. The summed E-state index contributed by atoms with van der Waals surface area (Å²) in [7, 11) is 0. The van der Waals surface area contributed by atoms with Crippen molar-refractivity contribution in [2.75, 3.05) is 39.3 Å². The minimum atomic E-state index is -0.102. The molecule has 120 valence electrons. The molecule has 1 atom stereocenters. The molecule has 2 N–H and O–H groups in total. The number of hydrogen-bond acceptors (Lipinski definition) is 4. The SMILES string of the molecule is CC(=O)NCCC(=O)N1CCN(CC2CC2)[C@@H](CCO)C1. The van der Waals surface area contributed by atoms with Crippen LogP contribution in [-0.4, -0.2) is 72.1 Å². The van der Waals surface area contributed by atoms with Crippen LogP contribution in [0.1, 0.15) is 32.6 Å². The molecule has 0 spiro atoms. The molecule has 2 fully saturated rings. The van der Waals surface area contributed by atoms with Gasteiger partial charge >= 0.3 is 0 Å². The third-order valence-electron chi connectivity index (χ3n) is 4.32. The minimum absolute atomic E-state index is 0.0951. The second kappa shape index (κ2) is 7.75. The van der Waals surface area contributed by atoms with Crippen molar-refractivity contribution in [1.82, 2.24) is 15.1 Å². The highest BCUT2D eigenvalue weighted by molar-refractivity contribution is 5.78. The van der Waals surface area contributed by atoms with E-state index in [1.165, 1.54) is 19.8 Å². The Morgan fingerprint density at radius 3 is 2.67 bits per heavy atom. The average molecular weight is 297 g/mol. The summed E-state index contributed by atoms with van der Waals surface area (Å²) in [5, 5.41) is 11.9. The van der Waals surface area contributed by atoms with Gasteiger partial charge in [-0.2, -0.15) is 0 Å². The maximum absolute atomic E-state index is 12.2. The van der Waals surface area contributed by atoms with Crippen LogP contribution in [0.15, 0.2) is 0 Å². The van der Waals surface area contributed by atoms with E-state index in [1.807, 2.05) is 4.90 Å². The van der Waals surface area contributed by atoms with Crippen LogP contribution in [0.4, 0.5) is 0 Å². The number of carbonyl (C=O) groups excluding carboxylic acids is 2. The standard InChI is InChI=1S/C15H27N3O3/c1-12(20)16-6-4-15(21)18-8-7-17(10-13-2-3-13)14(11-18)5-9-19/h13-14,19H,2-11H2,1H3,(H,16,20)/t14-/m0/s1. The van der Waals surface area contributed by atoms with Gasteiger partial charge in [0, 0.05) is 58.7 Å². The molecule has 0 aromatic rings. The first-order chi connectivity index (χ1) is 10.1. The van der Waals surface area contributed by atoms with Crippen LogP contribution in [0, 0.1) is 5.92 Å². The van der Waals surface area contributed by atoms with Gasteiger partial charge in [-0.05, 0) is 25.2 Å². The highest BCUT2D eigenvalue weighted by Gasteiger charge is 2.32. The molecule has 1 aliphatic carbocycles. The van der Waals surface area contributed by atoms with Crippen LogP contribution in [0.3, 0.4) is 0 Å². The first kappa shape index (κ1) is 16.2. The summed E-state index contributed by atoms with van der Waals surface area (Å²) < 4.78 is 0. The van der Waals surface area contributed by atoms with Gasteiger partial charge in [0.1, 0.15) is 0 Å². The van der Waals surface area contributed by atoms with E-state index < -0.39 is 0 Å². The van der Waals surface area contributed by atoms with Crippen molar-refractivity contribution in [3.05, 3.63) is 0 Å². The van der Waals surface area contributed by atoms with Crippen molar-refractivity contribution in [3.8, 4) is 0 Å². The number of amides is 2. The highest BCUT2D eigenvalue weighted by atomic mass is 16.3. The lowest BCUT2D eigenvalue weighted by atomic mass is 10.1. The third-order valence-corrected chi connectivity index (χ3v) is 4.32. The zero-order valence-electron chi connectivity index (χ0n) is 12.9. The first-order valence-corrected chi connectivity index (χ1v) is 7.97. The number of carbonyl (C=O) groups is 2. The van der Waals surface area contributed by atoms with Gasteiger partial charge in [-0.3, -0.25) is 14.5 Å². The van der Waals surface area contributed by atoms with Crippen molar-refractivity contribution >= 4 is 11.8 Å². The molecule has 0 unspecified atom stereocenters. The van der Waals surface area contributed by atoms with Crippen LogP contribution in [0.5, 0.6) is 0 Å². The van der Waals surface area contributed by atoms with Gasteiger partial charge in [-0.1, -0.05) is 0 Å². The van der Waals surface area contributed by atoms with E-state index in [2.05, 4.69) is 10.2 Å². The van der Waals surface area contributed by atoms with E-state index in [4.69, 9.17) is 0 Å². The zero-order chi connectivity index (χ0) is 15.2. The maximum Gasteiger partial charge on any atom is 0.224 e. The molecule has 1 saturated heterocycles. The van der Waals surface area contributed by atoms with Gasteiger partial charge in [0.25, 0.3) is 0 Å². The van der Waals surface area contributed by atoms with E-state index >= 15 is 0 Å². The fourth-order valence-electron chi connectivity index (χ4n) is 2.92. The largest absolute Gasteiger partial charge is 0.396 e. The molecule has 0 aromatic carbocycles. The Morgan fingerprint density at radius 1 is 1.29 bits per heavy atom. The van der Waals surface area contributed by atoms with Crippen LogP contribution >= 0.6 is 0 Å². The number of aliphatic hydroxyl groups excluding tert-OH is 1. The molecule has 1 saturated carbocycles. The molecule has 2 rings (SSSR count). The van der Waals surface area contributed by atoms with E-state index in [1.54, 1.807) is 0 Å². The predicted molar refractivity (Wildman–Crippen MR) is 79.7 cm³/mol. The van der Waals surface area contributed by atoms with Gasteiger partial charge in [-0.15, -0.1) is 0 Å². The fourth-order valence-corrected chi connectivity index (χ4v) is 2.92. The maximum atomic E-state index is 12.2. The molecule has 1 aliphatic heterocycles. The van der Waals surface area contributed by atoms with E-state index in [-0.39, 0.29) is 24.5 Å². The molecule has 2 amide bonds. The predicted octanol–water partition coefficient (Wildman–Crippen LogP) is -0.182. The Balaban J connectivity index is 1.79. The molecule has 2 aliphatic rings. The minimum Gasteiger partial charge on any atom is -0.396 e.